The highest BCUT2D eigenvalue weighted by molar-refractivity contribution is 7.89. The molecule has 2 fully saturated rings. The van der Waals surface area contributed by atoms with Gasteiger partial charge in [-0.15, -0.1) is 10.2 Å². The molecule has 0 unspecified atom stereocenters. The second-order valence-corrected chi connectivity index (χ2v) is 10.2. The highest BCUT2D eigenvalue weighted by Gasteiger charge is 2.34. The van der Waals surface area contributed by atoms with Gasteiger partial charge in [-0.25, -0.2) is 8.42 Å². The van der Waals surface area contributed by atoms with Crippen molar-refractivity contribution in [3.63, 3.8) is 0 Å². The molecule has 5 rings (SSSR count). The van der Waals surface area contributed by atoms with E-state index < -0.39 is 14.9 Å². The summed E-state index contributed by atoms with van der Waals surface area (Å²) in [6, 6.07) is 9.96. The van der Waals surface area contributed by atoms with Gasteiger partial charge in [-0.2, -0.15) is 4.31 Å². The van der Waals surface area contributed by atoms with Crippen LogP contribution in [0.1, 0.15) is 37.4 Å². The SMILES string of the molecule is O=[N+]([O-])c1ccc(N2CCC(c3nnc4ccccn34)CC2)c(S(=O)(=O)N2CCCC2)c1. The summed E-state index contributed by atoms with van der Waals surface area (Å²) in [5.74, 6) is 1.12. The summed E-state index contributed by atoms with van der Waals surface area (Å²) in [5, 5.41) is 20.0. The average molecular weight is 457 g/mol. The van der Waals surface area contributed by atoms with E-state index in [2.05, 4.69) is 10.2 Å². The number of nitrogens with zero attached hydrogens (tertiary/aromatic N) is 6. The van der Waals surface area contributed by atoms with Crippen LogP contribution in [0.4, 0.5) is 11.4 Å². The normalized spacial score (nSPS) is 18.4. The Morgan fingerprint density at radius 2 is 1.75 bits per heavy atom. The topological polar surface area (TPSA) is 114 Å². The number of rotatable bonds is 5. The molecule has 168 valence electrons. The second kappa shape index (κ2) is 8.14. The first-order chi connectivity index (χ1) is 15.4. The van der Waals surface area contributed by atoms with Gasteiger partial charge in [0.25, 0.3) is 5.69 Å². The van der Waals surface area contributed by atoms with Crippen LogP contribution in [-0.2, 0) is 10.0 Å². The van der Waals surface area contributed by atoms with Crippen LogP contribution in [0, 0.1) is 10.1 Å². The van der Waals surface area contributed by atoms with Gasteiger partial charge < -0.3 is 4.90 Å². The lowest BCUT2D eigenvalue weighted by atomic mass is 9.95. The van der Waals surface area contributed by atoms with E-state index in [1.54, 1.807) is 6.07 Å². The van der Waals surface area contributed by atoms with Gasteiger partial charge >= 0.3 is 0 Å². The Balaban J connectivity index is 1.43. The molecule has 32 heavy (non-hydrogen) atoms. The van der Waals surface area contributed by atoms with Crippen molar-refractivity contribution in [3.05, 3.63) is 58.5 Å². The van der Waals surface area contributed by atoms with Crippen molar-refractivity contribution in [2.45, 2.75) is 36.5 Å². The molecule has 11 heteroatoms. The monoisotopic (exact) mass is 456 g/mol. The predicted molar refractivity (Wildman–Crippen MR) is 118 cm³/mol. The Morgan fingerprint density at radius 3 is 2.47 bits per heavy atom. The molecular weight excluding hydrogens is 432 g/mol. The number of benzene rings is 1. The van der Waals surface area contributed by atoms with E-state index in [0.717, 1.165) is 37.2 Å². The molecule has 1 aromatic carbocycles. The fraction of sp³-hybridized carbons (Fsp3) is 0.429. The number of non-ortho nitro benzene ring substituents is 1. The molecule has 0 N–H and O–H groups in total. The van der Waals surface area contributed by atoms with Crippen molar-refractivity contribution >= 4 is 27.0 Å². The summed E-state index contributed by atoms with van der Waals surface area (Å²) in [6.07, 6.45) is 5.14. The fourth-order valence-electron chi connectivity index (χ4n) is 4.67. The molecule has 0 saturated carbocycles. The first kappa shape index (κ1) is 20.8. The molecule has 0 aliphatic carbocycles. The van der Waals surface area contributed by atoms with Gasteiger partial charge in [-0.05, 0) is 43.9 Å². The van der Waals surface area contributed by atoms with Gasteiger partial charge in [0.05, 0.1) is 10.6 Å². The van der Waals surface area contributed by atoms with Crippen LogP contribution in [0.15, 0.2) is 47.5 Å². The molecule has 2 aliphatic heterocycles. The van der Waals surface area contributed by atoms with E-state index in [1.165, 1.54) is 16.4 Å². The Morgan fingerprint density at radius 1 is 1.00 bits per heavy atom. The zero-order valence-corrected chi connectivity index (χ0v) is 18.3. The zero-order chi connectivity index (χ0) is 22.3. The third kappa shape index (κ3) is 3.61. The maximum Gasteiger partial charge on any atom is 0.270 e. The lowest BCUT2D eigenvalue weighted by molar-refractivity contribution is -0.385. The number of hydrogen-bond donors (Lipinski definition) is 0. The van der Waals surface area contributed by atoms with Gasteiger partial charge in [-0.1, -0.05) is 6.07 Å². The summed E-state index contributed by atoms with van der Waals surface area (Å²) >= 11 is 0. The highest BCUT2D eigenvalue weighted by atomic mass is 32.2. The number of hydrogen-bond acceptors (Lipinski definition) is 7. The van der Waals surface area contributed by atoms with E-state index >= 15 is 0 Å². The number of fused-ring (bicyclic) bond motifs is 1. The van der Waals surface area contributed by atoms with Crippen LogP contribution in [0.5, 0.6) is 0 Å². The standard InChI is InChI=1S/C21H24N6O4S/c28-27(29)17-6-7-18(19(15-17)32(30,31)25-10-3-4-11-25)24-13-8-16(9-14-24)21-23-22-20-5-1-2-12-26(20)21/h1-2,5-7,12,15-16H,3-4,8-11,13-14H2. The van der Waals surface area contributed by atoms with Gasteiger partial charge in [0, 0.05) is 50.4 Å². The zero-order valence-electron chi connectivity index (χ0n) is 17.5. The molecule has 2 saturated heterocycles. The molecule has 0 bridgehead atoms. The minimum atomic E-state index is -3.80. The molecule has 0 radical (unpaired) electrons. The average Bonchev–Trinajstić information content (AvgIpc) is 3.49. The fourth-order valence-corrected chi connectivity index (χ4v) is 6.42. The maximum absolute atomic E-state index is 13.3. The highest BCUT2D eigenvalue weighted by Crippen LogP contribution is 2.36. The van der Waals surface area contributed by atoms with Crippen molar-refractivity contribution in [2.24, 2.45) is 0 Å². The Kier molecular flexibility index (Phi) is 5.30. The molecule has 2 aliphatic rings. The number of sulfonamides is 1. The van der Waals surface area contributed by atoms with Crippen LogP contribution < -0.4 is 4.90 Å². The first-order valence-electron chi connectivity index (χ1n) is 10.8. The van der Waals surface area contributed by atoms with E-state index in [0.29, 0.717) is 31.9 Å². The smallest absolute Gasteiger partial charge is 0.270 e. The van der Waals surface area contributed by atoms with E-state index in [9.17, 15) is 18.5 Å². The Hall–Kier alpha value is -3.05. The van der Waals surface area contributed by atoms with Crippen molar-refractivity contribution < 1.29 is 13.3 Å². The Labute approximate surface area is 185 Å². The van der Waals surface area contributed by atoms with E-state index in [-0.39, 0.29) is 16.5 Å². The molecule has 0 amide bonds. The summed E-state index contributed by atoms with van der Waals surface area (Å²) < 4.78 is 30.1. The molecular formula is C21H24N6O4S. The van der Waals surface area contributed by atoms with Crippen LogP contribution in [-0.4, -0.2) is 58.4 Å². The number of aromatic nitrogens is 3. The largest absolute Gasteiger partial charge is 0.370 e. The Bertz CT molecular complexity index is 1260. The molecule has 0 spiro atoms. The van der Waals surface area contributed by atoms with Gasteiger partial charge in [0.1, 0.15) is 10.7 Å². The molecule has 4 heterocycles. The number of pyridine rings is 1. The van der Waals surface area contributed by atoms with Crippen LogP contribution in [0.25, 0.3) is 5.65 Å². The first-order valence-corrected chi connectivity index (χ1v) is 12.2. The number of nitro groups is 1. The predicted octanol–water partition coefficient (Wildman–Crippen LogP) is 2.81. The third-order valence-electron chi connectivity index (χ3n) is 6.38. The lowest BCUT2D eigenvalue weighted by Crippen LogP contribution is -2.36. The summed E-state index contributed by atoms with van der Waals surface area (Å²) in [7, 11) is -3.80. The van der Waals surface area contributed by atoms with E-state index in [4.69, 9.17) is 0 Å². The van der Waals surface area contributed by atoms with Crippen LogP contribution in [0.2, 0.25) is 0 Å². The van der Waals surface area contributed by atoms with Crippen molar-refractivity contribution in [2.75, 3.05) is 31.1 Å². The summed E-state index contributed by atoms with van der Waals surface area (Å²) in [5.41, 5.74) is 1.13. The minimum Gasteiger partial charge on any atom is -0.370 e. The molecule has 10 nitrogen and oxygen atoms in total. The lowest BCUT2D eigenvalue weighted by Gasteiger charge is -2.34. The molecule has 3 aromatic rings. The number of piperidine rings is 1. The maximum atomic E-state index is 13.3. The van der Waals surface area contributed by atoms with Crippen molar-refractivity contribution in [1.82, 2.24) is 18.9 Å². The van der Waals surface area contributed by atoms with Gasteiger partial charge in [0.15, 0.2) is 5.65 Å². The van der Waals surface area contributed by atoms with E-state index in [1.807, 2.05) is 33.7 Å². The summed E-state index contributed by atoms with van der Waals surface area (Å²) in [4.78, 5) is 12.8. The third-order valence-corrected chi connectivity index (χ3v) is 8.31. The van der Waals surface area contributed by atoms with Gasteiger partial charge in [-0.3, -0.25) is 14.5 Å². The van der Waals surface area contributed by atoms with Crippen LogP contribution >= 0.6 is 0 Å². The summed E-state index contributed by atoms with van der Waals surface area (Å²) in [6.45, 7) is 2.17. The quantitative estimate of drug-likeness (QED) is 0.428. The minimum absolute atomic E-state index is 0.0278. The van der Waals surface area contributed by atoms with Gasteiger partial charge in [0.2, 0.25) is 10.0 Å². The number of anilines is 1. The van der Waals surface area contributed by atoms with Crippen LogP contribution in [0.3, 0.4) is 0 Å². The molecule has 2 aromatic heterocycles. The van der Waals surface area contributed by atoms with Crippen molar-refractivity contribution in [1.29, 1.82) is 0 Å². The molecule has 0 atom stereocenters. The number of nitro benzene ring substituents is 1. The van der Waals surface area contributed by atoms with Crippen molar-refractivity contribution in [3.8, 4) is 0 Å². The second-order valence-electron chi connectivity index (χ2n) is 8.27.